The van der Waals surface area contributed by atoms with Gasteiger partial charge in [0.15, 0.2) is 0 Å². The summed E-state index contributed by atoms with van der Waals surface area (Å²) < 4.78 is 4.79. The van der Waals surface area contributed by atoms with Crippen molar-refractivity contribution in [3.05, 3.63) is 89.6 Å². The first-order chi connectivity index (χ1) is 13.6. The van der Waals surface area contributed by atoms with Crippen LogP contribution in [0, 0.1) is 0 Å². The van der Waals surface area contributed by atoms with Gasteiger partial charge < -0.3 is 15.0 Å². The lowest BCUT2D eigenvalue weighted by atomic mass is 10.1. The standard InChI is InChI=1S/C22H21N3O3/c1-25(15-16-8-4-3-5-9-16)21(26)17-12-13-20(23-14-17)24-19-11-7-6-10-18(19)22(27)28-2/h3-14H,15H2,1-2H3,(H,23,24). The van der Waals surface area contributed by atoms with Crippen LogP contribution >= 0.6 is 0 Å². The van der Waals surface area contributed by atoms with E-state index in [4.69, 9.17) is 4.74 Å². The third-order valence-corrected chi connectivity index (χ3v) is 4.21. The Morgan fingerprint density at radius 2 is 1.71 bits per heavy atom. The molecular formula is C22H21N3O3. The number of aromatic nitrogens is 1. The largest absolute Gasteiger partial charge is 0.465 e. The topological polar surface area (TPSA) is 71.5 Å². The first-order valence-corrected chi connectivity index (χ1v) is 8.78. The number of nitrogens with one attached hydrogen (secondary N) is 1. The smallest absolute Gasteiger partial charge is 0.339 e. The summed E-state index contributed by atoms with van der Waals surface area (Å²) in [7, 11) is 3.10. The summed E-state index contributed by atoms with van der Waals surface area (Å²) in [6, 6.07) is 20.2. The van der Waals surface area contributed by atoms with E-state index in [1.54, 1.807) is 42.3 Å². The normalized spacial score (nSPS) is 10.2. The number of amides is 1. The number of pyridine rings is 1. The maximum absolute atomic E-state index is 12.6. The second-order valence-electron chi connectivity index (χ2n) is 6.24. The van der Waals surface area contributed by atoms with E-state index in [9.17, 15) is 9.59 Å². The zero-order valence-corrected chi connectivity index (χ0v) is 15.8. The van der Waals surface area contributed by atoms with Crippen molar-refractivity contribution in [2.75, 3.05) is 19.5 Å². The van der Waals surface area contributed by atoms with E-state index < -0.39 is 5.97 Å². The zero-order valence-electron chi connectivity index (χ0n) is 15.8. The number of carbonyl (C=O) groups excluding carboxylic acids is 2. The van der Waals surface area contributed by atoms with E-state index in [1.165, 1.54) is 13.3 Å². The van der Waals surface area contributed by atoms with Gasteiger partial charge in [0, 0.05) is 19.8 Å². The molecule has 0 aliphatic rings. The molecule has 3 rings (SSSR count). The number of para-hydroxylation sites is 1. The quantitative estimate of drug-likeness (QED) is 0.662. The van der Waals surface area contributed by atoms with E-state index in [2.05, 4.69) is 10.3 Å². The molecule has 142 valence electrons. The van der Waals surface area contributed by atoms with Gasteiger partial charge in [-0.25, -0.2) is 9.78 Å². The second kappa shape index (κ2) is 8.81. The highest BCUT2D eigenvalue weighted by Crippen LogP contribution is 2.20. The molecule has 0 unspecified atom stereocenters. The van der Waals surface area contributed by atoms with Crippen molar-refractivity contribution < 1.29 is 14.3 Å². The highest BCUT2D eigenvalue weighted by atomic mass is 16.5. The van der Waals surface area contributed by atoms with Gasteiger partial charge in [-0.3, -0.25) is 4.79 Å². The van der Waals surface area contributed by atoms with Crippen molar-refractivity contribution in [2.24, 2.45) is 0 Å². The predicted molar refractivity (Wildman–Crippen MR) is 108 cm³/mol. The Morgan fingerprint density at radius 3 is 2.39 bits per heavy atom. The lowest BCUT2D eigenvalue weighted by molar-refractivity contribution is 0.0601. The molecule has 0 spiro atoms. The summed E-state index contributed by atoms with van der Waals surface area (Å²) in [5.41, 5.74) is 2.55. The van der Waals surface area contributed by atoms with Gasteiger partial charge in [-0.1, -0.05) is 42.5 Å². The van der Waals surface area contributed by atoms with E-state index >= 15 is 0 Å². The Labute approximate surface area is 163 Å². The maximum Gasteiger partial charge on any atom is 0.339 e. The number of hydrogen-bond donors (Lipinski definition) is 1. The van der Waals surface area contributed by atoms with Crippen LogP contribution < -0.4 is 5.32 Å². The fourth-order valence-corrected chi connectivity index (χ4v) is 2.76. The van der Waals surface area contributed by atoms with Crippen molar-refractivity contribution in [3.8, 4) is 0 Å². The minimum absolute atomic E-state index is 0.113. The Hall–Kier alpha value is -3.67. The van der Waals surface area contributed by atoms with E-state index in [1.807, 2.05) is 36.4 Å². The van der Waals surface area contributed by atoms with Crippen LogP contribution in [0.4, 0.5) is 11.5 Å². The molecule has 1 amide bonds. The van der Waals surface area contributed by atoms with Gasteiger partial charge in [0.2, 0.25) is 0 Å². The number of rotatable bonds is 6. The molecule has 0 atom stereocenters. The summed E-state index contributed by atoms with van der Waals surface area (Å²) >= 11 is 0. The van der Waals surface area contributed by atoms with Gasteiger partial charge in [-0.15, -0.1) is 0 Å². The molecule has 0 radical (unpaired) electrons. The van der Waals surface area contributed by atoms with Gasteiger partial charge in [0.25, 0.3) is 5.91 Å². The molecule has 0 saturated heterocycles. The molecule has 0 saturated carbocycles. The predicted octanol–water partition coefficient (Wildman–Crippen LogP) is 3.88. The van der Waals surface area contributed by atoms with Crippen molar-refractivity contribution in [2.45, 2.75) is 6.54 Å². The summed E-state index contributed by atoms with van der Waals surface area (Å²) in [6.07, 6.45) is 1.52. The summed E-state index contributed by atoms with van der Waals surface area (Å²) in [5, 5.41) is 3.09. The lowest BCUT2D eigenvalue weighted by Gasteiger charge is -2.17. The molecule has 2 aromatic carbocycles. The van der Waals surface area contributed by atoms with Gasteiger partial charge >= 0.3 is 5.97 Å². The van der Waals surface area contributed by atoms with Gasteiger partial charge in [0.1, 0.15) is 5.82 Å². The van der Waals surface area contributed by atoms with Crippen molar-refractivity contribution in [1.82, 2.24) is 9.88 Å². The minimum atomic E-state index is -0.433. The van der Waals surface area contributed by atoms with E-state index in [0.29, 0.717) is 29.2 Å². The molecule has 6 nitrogen and oxygen atoms in total. The number of anilines is 2. The SMILES string of the molecule is COC(=O)c1ccccc1Nc1ccc(C(=O)N(C)Cc2ccccc2)cn1. The van der Waals surface area contributed by atoms with Crippen LogP contribution in [0.15, 0.2) is 72.9 Å². The Kier molecular flexibility index (Phi) is 6.01. The molecule has 1 heterocycles. The molecule has 1 aromatic heterocycles. The number of esters is 1. The van der Waals surface area contributed by atoms with Gasteiger partial charge in [-0.2, -0.15) is 0 Å². The number of benzene rings is 2. The zero-order chi connectivity index (χ0) is 19.9. The highest BCUT2D eigenvalue weighted by molar-refractivity contribution is 5.96. The van der Waals surface area contributed by atoms with Crippen LogP contribution in [0.1, 0.15) is 26.3 Å². The Bertz CT molecular complexity index is 956. The van der Waals surface area contributed by atoms with Crippen molar-refractivity contribution in [1.29, 1.82) is 0 Å². The second-order valence-corrected chi connectivity index (χ2v) is 6.24. The van der Waals surface area contributed by atoms with Crippen LogP contribution in [-0.4, -0.2) is 35.9 Å². The fraction of sp³-hybridized carbons (Fsp3) is 0.136. The van der Waals surface area contributed by atoms with E-state index in [-0.39, 0.29) is 5.91 Å². The average Bonchev–Trinajstić information content (AvgIpc) is 2.74. The van der Waals surface area contributed by atoms with Gasteiger partial charge in [0.05, 0.1) is 23.9 Å². The van der Waals surface area contributed by atoms with Crippen LogP contribution in [0.2, 0.25) is 0 Å². The van der Waals surface area contributed by atoms with Crippen molar-refractivity contribution in [3.63, 3.8) is 0 Å². The molecule has 0 bridgehead atoms. The number of carbonyl (C=O) groups is 2. The first-order valence-electron chi connectivity index (χ1n) is 8.78. The molecule has 28 heavy (non-hydrogen) atoms. The third-order valence-electron chi connectivity index (χ3n) is 4.21. The molecule has 0 aliphatic carbocycles. The Balaban J connectivity index is 1.70. The summed E-state index contributed by atoms with van der Waals surface area (Å²) in [6.45, 7) is 0.520. The fourth-order valence-electron chi connectivity index (χ4n) is 2.76. The lowest BCUT2D eigenvalue weighted by Crippen LogP contribution is -2.26. The number of methoxy groups -OCH3 is 1. The molecule has 0 aliphatic heterocycles. The van der Waals surface area contributed by atoms with Crippen LogP contribution in [0.25, 0.3) is 0 Å². The molecule has 1 N–H and O–H groups in total. The number of nitrogens with zero attached hydrogens (tertiary/aromatic N) is 2. The average molecular weight is 375 g/mol. The summed E-state index contributed by atoms with van der Waals surface area (Å²) in [5.74, 6) is -0.0195. The van der Waals surface area contributed by atoms with E-state index in [0.717, 1.165) is 5.56 Å². The third kappa shape index (κ3) is 4.54. The van der Waals surface area contributed by atoms with Crippen LogP contribution in [0.5, 0.6) is 0 Å². The number of hydrogen-bond acceptors (Lipinski definition) is 5. The molecule has 3 aromatic rings. The van der Waals surface area contributed by atoms with Crippen molar-refractivity contribution >= 4 is 23.4 Å². The molecular weight excluding hydrogens is 354 g/mol. The number of ether oxygens (including phenoxy) is 1. The first kappa shape index (κ1) is 19.1. The highest BCUT2D eigenvalue weighted by Gasteiger charge is 2.14. The monoisotopic (exact) mass is 375 g/mol. The molecule has 6 heteroatoms. The minimum Gasteiger partial charge on any atom is -0.465 e. The van der Waals surface area contributed by atoms with Gasteiger partial charge in [-0.05, 0) is 29.8 Å². The maximum atomic E-state index is 12.6. The van der Waals surface area contributed by atoms with Crippen LogP contribution in [0.3, 0.4) is 0 Å². The van der Waals surface area contributed by atoms with Crippen LogP contribution in [-0.2, 0) is 11.3 Å². The molecule has 0 fully saturated rings. The summed E-state index contributed by atoms with van der Waals surface area (Å²) in [4.78, 5) is 30.4. The Morgan fingerprint density at radius 1 is 1.00 bits per heavy atom.